The largest absolute Gasteiger partial charge is 2.00 e. The molecule has 0 saturated heterocycles. The zero-order valence-electron chi connectivity index (χ0n) is 1.54. The fourth-order valence-corrected chi connectivity index (χ4v) is 0. The first-order valence-electron chi connectivity index (χ1n) is 0. The van der Waals surface area contributed by atoms with Gasteiger partial charge in [-0.05, 0) is 0 Å². The van der Waals surface area contributed by atoms with Crippen LogP contribution in [0.25, 0.3) is 0 Å². The molecule has 0 saturated carbocycles. The minimum absolute atomic E-state index is 0. The van der Waals surface area contributed by atoms with E-state index in [-0.39, 0.29) is 44.2 Å². The van der Waals surface area contributed by atoms with Gasteiger partial charge in [-0.25, -0.2) is 0 Å². The van der Waals surface area contributed by atoms with E-state index in [0.717, 1.165) is 0 Å². The Morgan fingerprint density at radius 3 is 0.750 bits per heavy atom. The molecule has 0 rings (SSSR count). The Morgan fingerprint density at radius 2 is 0.750 bits per heavy atom. The monoisotopic (exact) mass is 151 g/mol. The Morgan fingerprint density at radius 1 is 0.750 bits per heavy atom. The summed E-state index contributed by atoms with van der Waals surface area (Å²) in [6.07, 6.45) is 0. The Hall–Kier alpha value is 0.920. The van der Waals surface area contributed by atoms with Gasteiger partial charge >= 0.3 is 33.3 Å². The van der Waals surface area contributed by atoms with E-state index in [1.165, 1.54) is 0 Å². The van der Waals surface area contributed by atoms with Crippen LogP contribution in [0.1, 0.15) is 0 Å². The van der Waals surface area contributed by atoms with Crippen molar-refractivity contribution in [2.24, 2.45) is 0 Å². The molecule has 0 spiro atoms. The molecule has 0 heterocycles. The molecule has 2 nitrogen and oxygen atoms in total. The SMILES string of the molecule is [Co+2].[Ni+2].[OH-].[OH-]. The van der Waals surface area contributed by atoms with Crippen LogP contribution < -0.4 is 0 Å². The van der Waals surface area contributed by atoms with Crippen LogP contribution in [0.3, 0.4) is 0 Å². The Kier molecular flexibility index (Phi) is 882. The summed E-state index contributed by atoms with van der Waals surface area (Å²) < 4.78 is 0. The van der Waals surface area contributed by atoms with Crippen LogP contribution in [-0.4, -0.2) is 11.0 Å². The summed E-state index contributed by atoms with van der Waals surface area (Å²) in [6.45, 7) is 0. The quantitative estimate of drug-likeness (QED) is 0.444. The fourth-order valence-electron chi connectivity index (χ4n) is 0. The van der Waals surface area contributed by atoms with Crippen molar-refractivity contribution in [2.45, 2.75) is 0 Å². The molecule has 0 aromatic heterocycles. The van der Waals surface area contributed by atoms with Crippen molar-refractivity contribution in [2.75, 3.05) is 0 Å². The smallest absolute Gasteiger partial charge is 0.870 e. The minimum atomic E-state index is 0. The molecule has 0 atom stereocenters. The van der Waals surface area contributed by atoms with E-state index in [2.05, 4.69) is 0 Å². The summed E-state index contributed by atoms with van der Waals surface area (Å²) >= 11 is 0. The molecule has 0 aliphatic carbocycles. The third kappa shape index (κ3) is 12.7. The molecule has 31 valence electrons. The summed E-state index contributed by atoms with van der Waals surface area (Å²) in [7, 11) is 0. The first kappa shape index (κ1) is 89.3. The zero-order chi connectivity index (χ0) is 0. The van der Waals surface area contributed by atoms with E-state index in [9.17, 15) is 0 Å². The Bertz CT molecular complexity index is 6.00. The van der Waals surface area contributed by atoms with Crippen LogP contribution >= 0.6 is 0 Å². The second-order valence-corrected chi connectivity index (χ2v) is 0. The van der Waals surface area contributed by atoms with Gasteiger partial charge in [0, 0.05) is 0 Å². The van der Waals surface area contributed by atoms with Gasteiger partial charge in [-0.15, -0.1) is 0 Å². The van der Waals surface area contributed by atoms with E-state index in [0.29, 0.717) is 0 Å². The van der Waals surface area contributed by atoms with Gasteiger partial charge in [-0.2, -0.15) is 0 Å². The number of rotatable bonds is 0. The molecule has 2 N–H and O–H groups in total. The molecule has 0 fully saturated rings. The summed E-state index contributed by atoms with van der Waals surface area (Å²) in [5.74, 6) is 0. The molecule has 4 heavy (non-hydrogen) atoms. The van der Waals surface area contributed by atoms with E-state index in [4.69, 9.17) is 0 Å². The molecule has 0 aliphatic heterocycles. The summed E-state index contributed by atoms with van der Waals surface area (Å²) in [6, 6.07) is 0. The predicted octanol–water partition coefficient (Wildman–Crippen LogP) is -0.359. The predicted molar refractivity (Wildman–Crippen MR) is 3.87 cm³/mol. The summed E-state index contributed by atoms with van der Waals surface area (Å²) in [5.41, 5.74) is 0. The topological polar surface area (TPSA) is 60.0 Å². The third-order valence-electron chi connectivity index (χ3n) is 0. The van der Waals surface area contributed by atoms with Crippen molar-refractivity contribution in [3.05, 3.63) is 0 Å². The first-order chi connectivity index (χ1) is 0. The first-order valence-corrected chi connectivity index (χ1v) is 0. The minimum Gasteiger partial charge on any atom is -0.870 e. The van der Waals surface area contributed by atoms with Crippen molar-refractivity contribution in [1.29, 1.82) is 0 Å². The number of hydrogen-bond donors (Lipinski definition) is 0. The van der Waals surface area contributed by atoms with Crippen molar-refractivity contribution in [3.8, 4) is 0 Å². The van der Waals surface area contributed by atoms with Gasteiger partial charge in [0.2, 0.25) is 0 Å². The standard InChI is InChI=1S/Co.Ni.2H2O/h;;2*1H2/q2*+2;;/p-2. The molecule has 0 aromatic carbocycles. The summed E-state index contributed by atoms with van der Waals surface area (Å²) in [5, 5.41) is 0. The second-order valence-electron chi connectivity index (χ2n) is 0. The molecule has 0 unspecified atom stereocenters. The van der Waals surface area contributed by atoms with Gasteiger partial charge in [0.25, 0.3) is 0 Å². The normalized spacial score (nSPS) is 0. The second kappa shape index (κ2) is 39.5. The van der Waals surface area contributed by atoms with Gasteiger partial charge in [0.05, 0.1) is 0 Å². The number of hydrogen-bond acceptors (Lipinski definition) is 2. The maximum absolute atomic E-state index is 0. The van der Waals surface area contributed by atoms with Crippen molar-refractivity contribution >= 4 is 0 Å². The third-order valence-corrected chi connectivity index (χ3v) is 0. The average molecular weight is 152 g/mol. The Balaban J connectivity index is 0. The van der Waals surface area contributed by atoms with Gasteiger partial charge in [0.1, 0.15) is 0 Å². The van der Waals surface area contributed by atoms with Gasteiger partial charge in [0.15, 0.2) is 0 Å². The molecular formula is H2CoNiO2+2. The van der Waals surface area contributed by atoms with E-state index in [1.807, 2.05) is 0 Å². The zero-order valence-corrected chi connectivity index (χ0v) is 3.57. The van der Waals surface area contributed by atoms with E-state index in [1.54, 1.807) is 0 Å². The molecule has 0 aliphatic rings. The van der Waals surface area contributed by atoms with Gasteiger partial charge < -0.3 is 11.0 Å². The molecule has 0 aromatic rings. The van der Waals surface area contributed by atoms with Crippen molar-refractivity contribution in [1.82, 2.24) is 0 Å². The molecular weight excluding hydrogens is 150 g/mol. The molecule has 0 bridgehead atoms. The van der Waals surface area contributed by atoms with Crippen molar-refractivity contribution < 1.29 is 44.2 Å². The van der Waals surface area contributed by atoms with Gasteiger partial charge in [-0.1, -0.05) is 0 Å². The maximum atomic E-state index is 0. The molecule has 1 radical (unpaired) electrons. The van der Waals surface area contributed by atoms with Crippen LogP contribution in [0.15, 0.2) is 0 Å². The fraction of sp³-hybridized carbons (Fsp3) is 0. The van der Waals surface area contributed by atoms with Crippen LogP contribution in [0.5, 0.6) is 0 Å². The maximum Gasteiger partial charge on any atom is 2.00 e. The summed E-state index contributed by atoms with van der Waals surface area (Å²) in [4.78, 5) is 0. The van der Waals surface area contributed by atoms with Gasteiger partial charge in [-0.3, -0.25) is 0 Å². The van der Waals surface area contributed by atoms with Crippen LogP contribution in [0, 0.1) is 0 Å². The van der Waals surface area contributed by atoms with E-state index < -0.39 is 0 Å². The Labute approximate surface area is 44.7 Å². The molecule has 0 amide bonds. The van der Waals surface area contributed by atoms with E-state index >= 15 is 0 Å². The van der Waals surface area contributed by atoms with Crippen molar-refractivity contribution in [3.63, 3.8) is 0 Å². The average Bonchev–Trinajstić information content (AvgIpc) is 0. The van der Waals surface area contributed by atoms with Crippen LogP contribution in [0.4, 0.5) is 0 Å². The van der Waals surface area contributed by atoms with Crippen LogP contribution in [0.2, 0.25) is 0 Å². The van der Waals surface area contributed by atoms with Crippen LogP contribution in [-0.2, 0) is 33.3 Å². The molecule has 4 heteroatoms.